The fourth-order valence-electron chi connectivity index (χ4n) is 5.43. The molecule has 1 amide bonds. The molecular formula is C31H42N6O2. The summed E-state index contributed by atoms with van der Waals surface area (Å²) in [5.74, 6) is 1.03. The fraction of sp³-hybridized carbons (Fsp3) is 0.484. The second-order valence-corrected chi connectivity index (χ2v) is 10.9. The Morgan fingerprint density at radius 3 is 2.54 bits per heavy atom. The van der Waals surface area contributed by atoms with Gasteiger partial charge < -0.3 is 25.2 Å². The van der Waals surface area contributed by atoms with Crippen LogP contribution in [0.1, 0.15) is 24.0 Å². The van der Waals surface area contributed by atoms with E-state index < -0.39 is 0 Å². The number of carbonyl (C=O) groups excluding carboxylic acids is 1. The van der Waals surface area contributed by atoms with Gasteiger partial charge in [-0.15, -0.1) is 0 Å². The second kappa shape index (κ2) is 13.3. The molecule has 2 aliphatic rings. The fourth-order valence-corrected chi connectivity index (χ4v) is 5.43. The lowest BCUT2D eigenvalue weighted by Crippen LogP contribution is -2.47. The van der Waals surface area contributed by atoms with Gasteiger partial charge in [-0.3, -0.25) is 9.69 Å². The van der Waals surface area contributed by atoms with E-state index >= 15 is 0 Å². The molecule has 2 aliphatic heterocycles. The highest BCUT2D eigenvalue weighted by atomic mass is 16.5. The summed E-state index contributed by atoms with van der Waals surface area (Å²) in [6.07, 6.45) is 2.18. The van der Waals surface area contributed by atoms with Crippen LogP contribution in [0, 0.1) is 6.92 Å². The van der Waals surface area contributed by atoms with Crippen LogP contribution in [0.3, 0.4) is 0 Å². The third-order valence-corrected chi connectivity index (χ3v) is 7.92. The number of hydrogen-bond acceptors (Lipinski definition) is 7. The SMILES string of the molecule is Cc1cc(N2CCN(CCOCc3ccccc3)CC2)nc2ccc(NC(=O)CNC3CCN(C)CC3)cc12. The summed E-state index contributed by atoms with van der Waals surface area (Å²) in [6.45, 7) is 10.9. The number of hydrogen-bond donors (Lipinski definition) is 2. The van der Waals surface area contributed by atoms with Gasteiger partial charge in [0.1, 0.15) is 5.82 Å². The third kappa shape index (κ3) is 7.76. The number of likely N-dealkylation sites (tertiary alicyclic amines) is 1. The molecule has 2 fully saturated rings. The normalized spacial score (nSPS) is 17.5. The number of piperidine rings is 1. The van der Waals surface area contributed by atoms with Crippen molar-refractivity contribution in [1.82, 2.24) is 20.1 Å². The number of nitrogens with one attached hydrogen (secondary N) is 2. The molecule has 0 radical (unpaired) electrons. The van der Waals surface area contributed by atoms with Crippen LogP contribution in [-0.4, -0.2) is 92.7 Å². The number of piperazine rings is 1. The first-order valence-electron chi connectivity index (χ1n) is 14.3. The molecule has 8 nitrogen and oxygen atoms in total. The Morgan fingerprint density at radius 2 is 1.77 bits per heavy atom. The summed E-state index contributed by atoms with van der Waals surface area (Å²) < 4.78 is 5.88. The average molecular weight is 531 g/mol. The lowest BCUT2D eigenvalue weighted by Gasteiger charge is -2.35. The van der Waals surface area contributed by atoms with Crippen LogP contribution in [0.2, 0.25) is 0 Å². The molecule has 8 heteroatoms. The zero-order chi connectivity index (χ0) is 27.0. The van der Waals surface area contributed by atoms with Gasteiger partial charge in [-0.25, -0.2) is 4.98 Å². The maximum absolute atomic E-state index is 12.6. The van der Waals surface area contributed by atoms with Crippen molar-refractivity contribution in [3.63, 3.8) is 0 Å². The van der Waals surface area contributed by atoms with Crippen molar-refractivity contribution in [2.45, 2.75) is 32.4 Å². The highest BCUT2D eigenvalue weighted by molar-refractivity contribution is 5.95. The summed E-state index contributed by atoms with van der Waals surface area (Å²) in [7, 11) is 2.15. The van der Waals surface area contributed by atoms with Crippen molar-refractivity contribution in [3.8, 4) is 0 Å². The van der Waals surface area contributed by atoms with E-state index in [1.807, 2.05) is 36.4 Å². The second-order valence-electron chi connectivity index (χ2n) is 10.9. The van der Waals surface area contributed by atoms with E-state index in [0.29, 0.717) is 19.2 Å². The topological polar surface area (TPSA) is 73.0 Å². The molecule has 2 N–H and O–H groups in total. The van der Waals surface area contributed by atoms with Crippen LogP contribution in [0.4, 0.5) is 11.5 Å². The van der Waals surface area contributed by atoms with Crippen molar-refractivity contribution in [2.75, 3.05) is 76.2 Å². The Labute approximate surface area is 232 Å². The minimum Gasteiger partial charge on any atom is -0.375 e. The Morgan fingerprint density at radius 1 is 1.00 bits per heavy atom. The van der Waals surface area contributed by atoms with Crippen molar-refractivity contribution in [2.24, 2.45) is 0 Å². The highest BCUT2D eigenvalue weighted by Crippen LogP contribution is 2.26. The molecule has 3 heterocycles. The Kier molecular flexibility index (Phi) is 9.42. The van der Waals surface area contributed by atoms with Gasteiger partial charge in [-0.2, -0.15) is 0 Å². The number of pyridine rings is 1. The molecule has 0 bridgehead atoms. The number of benzene rings is 2. The highest BCUT2D eigenvalue weighted by Gasteiger charge is 2.19. The van der Waals surface area contributed by atoms with E-state index in [-0.39, 0.29) is 5.91 Å². The van der Waals surface area contributed by atoms with Gasteiger partial charge >= 0.3 is 0 Å². The standard InChI is InChI=1S/C31H42N6O2/c1-24-20-30(37-16-14-36(15-17-37)18-19-39-23-25-6-4-3-5-7-25)34-29-9-8-27(21-28(24)29)33-31(38)22-32-26-10-12-35(2)13-11-26/h3-9,20-21,26,32H,10-19,22-23H2,1-2H3,(H,33,38). The van der Waals surface area contributed by atoms with Crippen molar-refractivity contribution in [1.29, 1.82) is 0 Å². The largest absolute Gasteiger partial charge is 0.375 e. The first-order chi connectivity index (χ1) is 19.0. The third-order valence-electron chi connectivity index (χ3n) is 7.92. The Bertz CT molecular complexity index is 1220. The zero-order valence-electron chi connectivity index (χ0n) is 23.4. The molecule has 5 rings (SSSR count). The van der Waals surface area contributed by atoms with Gasteiger partial charge in [0.15, 0.2) is 0 Å². The summed E-state index contributed by atoms with van der Waals surface area (Å²) in [5.41, 5.74) is 4.17. The maximum Gasteiger partial charge on any atom is 0.238 e. The van der Waals surface area contributed by atoms with E-state index in [1.54, 1.807) is 0 Å². The number of aromatic nitrogens is 1. The van der Waals surface area contributed by atoms with Crippen molar-refractivity contribution < 1.29 is 9.53 Å². The van der Waals surface area contributed by atoms with E-state index in [2.05, 4.69) is 57.5 Å². The first-order valence-corrected chi connectivity index (χ1v) is 14.3. The molecule has 3 aromatic rings. The van der Waals surface area contributed by atoms with E-state index in [1.165, 1.54) is 11.1 Å². The van der Waals surface area contributed by atoms with Gasteiger partial charge in [0, 0.05) is 49.8 Å². The van der Waals surface area contributed by atoms with Gasteiger partial charge in [0.25, 0.3) is 0 Å². The molecule has 0 spiro atoms. The van der Waals surface area contributed by atoms with Gasteiger partial charge in [0.05, 0.1) is 25.3 Å². The van der Waals surface area contributed by atoms with Crippen LogP contribution in [0.25, 0.3) is 10.9 Å². The van der Waals surface area contributed by atoms with Crippen LogP contribution in [0.5, 0.6) is 0 Å². The molecule has 2 saturated heterocycles. The van der Waals surface area contributed by atoms with Gasteiger partial charge in [-0.1, -0.05) is 30.3 Å². The number of nitrogens with zero attached hydrogens (tertiary/aromatic N) is 4. The molecule has 1 aromatic heterocycles. The minimum absolute atomic E-state index is 0.00107. The van der Waals surface area contributed by atoms with E-state index in [9.17, 15) is 4.79 Å². The molecule has 0 unspecified atom stereocenters. The quantitative estimate of drug-likeness (QED) is 0.389. The number of carbonyl (C=O) groups is 1. The molecular weight excluding hydrogens is 488 g/mol. The van der Waals surface area contributed by atoms with Crippen LogP contribution >= 0.6 is 0 Å². The maximum atomic E-state index is 12.6. The summed E-state index contributed by atoms with van der Waals surface area (Å²) in [4.78, 5) is 24.7. The number of anilines is 2. The van der Waals surface area contributed by atoms with Gasteiger partial charge in [-0.05, 0) is 75.3 Å². The summed E-state index contributed by atoms with van der Waals surface area (Å²) >= 11 is 0. The van der Waals surface area contributed by atoms with Gasteiger partial charge in [0.2, 0.25) is 5.91 Å². The lowest BCUT2D eigenvalue weighted by atomic mass is 10.1. The number of amides is 1. The molecule has 0 atom stereocenters. The predicted molar refractivity (Wildman–Crippen MR) is 158 cm³/mol. The smallest absolute Gasteiger partial charge is 0.238 e. The van der Waals surface area contributed by atoms with E-state index in [0.717, 1.165) is 87.7 Å². The molecule has 2 aromatic carbocycles. The number of fused-ring (bicyclic) bond motifs is 1. The first kappa shape index (κ1) is 27.5. The summed E-state index contributed by atoms with van der Waals surface area (Å²) in [5, 5.41) is 7.55. The monoisotopic (exact) mass is 530 g/mol. The van der Waals surface area contributed by atoms with Crippen molar-refractivity contribution in [3.05, 3.63) is 65.7 Å². The zero-order valence-corrected chi connectivity index (χ0v) is 23.4. The van der Waals surface area contributed by atoms with Crippen LogP contribution in [-0.2, 0) is 16.1 Å². The molecule has 39 heavy (non-hydrogen) atoms. The molecule has 0 aliphatic carbocycles. The number of rotatable bonds is 10. The predicted octanol–water partition coefficient (Wildman–Crippen LogP) is 3.50. The van der Waals surface area contributed by atoms with Crippen molar-refractivity contribution >= 4 is 28.3 Å². The van der Waals surface area contributed by atoms with Crippen LogP contribution < -0.4 is 15.5 Å². The lowest BCUT2D eigenvalue weighted by molar-refractivity contribution is -0.115. The Hall–Kier alpha value is -3.04. The van der Waals surface area contributed by atoms with E-state index in [4.69, 9.17) is 9.72 Å². The molecule has 0 saturated carbocycles. The average Bonchev–Trinajstić information content (AvgIpc) is 2.96. The summed E-state index contributed by atoms with van der Waals surface area (Å²) in [6, 6.07) is 18.9. The number of aryl methyl sites for hydroxylation is 1. The van der Waals surface area contributed by atoms with Crippen LogP contribution in [0.15, 0.2) is 54.6 Å². The molecule has 208 valence electrons. The minimum atomic E-state index is -0.00107. The Balaban J connectivity index is 1.09. The number of ether oxygens (including phenoxy) is 1.